The molecular weight excluding hydrogens is 386 g/mol. The summed E-state index contributed by atoms with van der Waals surface area (Å²) in [5, 5.41) is 4.14. The van der Waals surface area contributed by atoms with Crippen LogP contribution in [0.5, 0.6) is 0 Å². The van der Waals surface area contributed by atoms with Gasteiger partial charge in [-0.05, 0) is 44.8 Å². The average Bonchev–Trinajstić information content (AvgIpc) is 3.09. The zero-order chi connectivity index (χ0) is 16.7. The number of aromatic nitrogens is 1. The molecule has 2 unspecified atom stereocenters. The molecule has 2 aromatic rings. The number of benzene rings is 1. The Morgan fingerprint density at radius 2 is 2.08 bits per heavy atom. The van der Waals surface area contributed by atoms with Crippen LogP contribution in [-0.2, 0) is 0 Å². The minimum atomic E-state index is 0.0106. The molecule has 1 N–H and O–H groups in total. The van der Waals surface area contributed by atoms with E-state index in [0.717, 1.165) is 15.0 Å². The van der Waals surface area contributed by atoms with Crippen molar-refractivity contribution in [3.05, 3.63) is 39.8 Å². The second kappa shape index (κ2) is 6.58. The first-order chi connectivity index (χ1) is 11.6. The van der Waals surface area contributed by atoms with Gasteiger partial charge < -0.3 is 5.32 Å². The lowest BCUT2D eigenvalue weighted by Gasteiger charge is -2.49. The summed E-state index contributed by atoms with van der Waals surface area (Å²) < 4.78 is 0.998. The largest absolute Gasteiger partial charge is 0.347 e. The number of fused-ring (bicyclic) bond motifs is 3. The number of hydrogen-bond acceptors (Lipinski definition) is 4. The molecule has 4 heterocycles. The lowest BCUT2D eigenvalue weighted by Crippen LogP contribution is -2.62. The van der Waals surface area contributed by atoms with E-state index in [0.29, 0.717) is 16.8 Å². The van der Waals surface area contributed by atoms with E-state index in [1.165, 1.54) is 37.3 Å². The van der Waals surface area contributed by atoms with E-state index in [4.69, 9.17) is 0 Å². The SMILES string of the molecule is CC1C(NC(=O)c2cnc(-c3ccccc3Br)s2)C2CCN1CC2. The van der Waals surface area contributed by atoms with Gasteiger partial charge >= 0.3 is 0 Å². The monoisotopic (exact) mass is 405 g/mol. The van der Waals surface area contributed by atoms with E-state index < -0.39 is 0 Å². The number of nitrogens with zero attached hydrogens (tertiary/aromatic N) is 2. The number of carbonyl (C=O) groups excluding carboxylic acids is 1. The van der Waals surface area contributed by atoms with Gasteiger partial charge in [0.15, 0.2) is 0 Å². The maximum atomic E-state index is 12.7. The lowest BCUT2D eigenvalue weighted by molar-refractivity contribution is 0.0218. The van der Waals surface area contributed by atoms with Gasteiger partial charge in [0, 0.05) is 22.1 Å². The Labute approximate surface area is 154 Å². The van der Waals surface area contributed by atoms with Crippen molar-refractivity contribution in [1.29, 1.82) is 0 Å². The summed E-state index contributed by atoms with van der Waals surface area (Å²) in [7, 11) is 0. The quantitative estimate of drug-likeness (QED) is 0.844. The van der Waals surface area contributed by atoms with Crippen molar-refractivity contribution >= 4 is 33.2 Å². The highest BCUT2D eigenvalue weighted by atomic mass is 79.9. The van der Waals surface area contributed by atoms with E-state index in [1.807, 2.05) is 24.3 Å². The molecule has 0 spiro atoms. The summed E-state index contributed by atoms with van der Waals surface area (Å²) in [5.41, 5.74) is 1.03. The molecule has 1 amide bonds. The molecule has 3 saturated heterocycles. The third-order valence-corrected chi connectivity index (χ3v) is 7.03. The van der Waals surface area contributed by atoms with E-state index in [1.54, 1.807) is 6.20 Å². The molecule has 3 aliphatic rings. The van der Waals surface area contributed by atoms with E-state index in [-0.39, 0.29) is 11.9 Å². The molecule has 3 aliphatic heterocycles. The molecule has 0 radical (unpaired) electrons. The molecule has 3 fully saturated rings. The Hall–Kier alpha value is -1.24. The van der Waals surface area contributed by atoms with Crippen LogP contribution in [0, 0.1) is 5.92 Å². The van der Waals surface area contributed by atoms with E-state index >= 15 is 0 Å². The third-order valence-electron chi connectivity index (χ3n) is 5.31. The highest BCUT2D eigenvalue weighted by Crippen LogP contribution is 2.34. The number of thiazole rings is 1. The second-order valence-electron chi connectivity index (χ2n) is 6.62. The van der Waals surface area contributed by atoms with Crippen molar-refractivity contribution in [2.24, 2.45) is 5.92 Å². The Kier molecular flexibility index (Phi) is 4.45. The number of amides is 1. The molecule has 1 aromatic carbocycles. The summed E-state index contributed by atoms with van der Waals surface area (Å²) >= 11 is 5.00. The van der Waals surface area contributed by atoms with Gasteiger partial charge in [-0.2, -0.15) is 0 Å². The van der Waals surface area contributed by atoms with Gasteiger partial charge in [0.25, 0.3) is 5.91 Å². The van der Waals surface area contributed by atoms with Crippen LogP contribution in [0.2, 0.25) is 0 Å². The number of hydrogen-bond donors (Lipinski definition) is 1. The first kappa shape index (κ1) is 16.2. The Balaban J connectivity index is 1.51. The minimum absolute atomic E-state index is 0.0106. The molecule has 4 nitrogen and oxygen atoms in total. The predicted molar refractivity (Wildman–Crippen MR) is 100 cm³/mol. The van der Waals surface area contributed by atoms with Gasteiger partial charge in [0.05, 0.1) is 6.20 Å². The fourth-order valence-electron chi connectivity index (χ4n) is 3.91. The van der Waals surface area contributed by atoms with Crippen LogP contribution in [0.25, 0.3) is 10.6 Å². The number of nitrogens with one attached hydrogen (secondary N) is 1. The van der Waals surface area contributed by atoms with Gasteiger partial charge in [-0.1, -0.05) is 34.1 Å². The Morgan fingerprint density at radius 1 is 1.33 bits per heavy atom. The molecule has 5 rings (SSSR count). The highest BCUT2D eigenvalue weighted by molar-refractivity contribution is 9.10. The third kappa shape index (κ3) is 2.91. The van der Waals surface area contributed by atoms with Crippen LogP contribution in [0.1, 0.15) is 29.4 Å². The van der Waals surface area contributed by atoms with Crippen LogP contribution >= 0.6 is 27.3 Å². The van der Waals surface area contributed by atoms with Gasteiger partial charge in [0.1, 0.15) is 9.88 Å². The first-order valence-electron chi connectivity index (χ1n) is 8.39. The summed E-state index contributed by atoms with van der Waals surface area (Å²) in [6.07, 6.45) is 4.08. The van der Waals surface area contributed by atoms with Crippen molar-refractivity contribution in [1.82, 2.24) is 15.2 Å². The summed E-state index contributed by atoms with van der Waals surface area (Å²) in [6.45, 7) is 4.57. The number of carbonyl (C=O) groups is 1. The maximum absolute atomic E-state index is 12.7. The van der Waals surface area contributed by atoms with Gasteiger partial charge in [-0.3, -0.25) is 9.69 Å². The fraction of sp³-hybridized carbons (Fsp3) is 0.444. The summed E-state index contributed by atoms with van der Waals surface area (Å²) in [5.74, 6) is 0.626. The topological polar surface area (TPSA) is 45.2 Å². The molecule has 0 aliphatic carbocycles. The summed E-state index contributed by atoms with van der Waals surface area (Å²) in [6, 6.07) is 8.65. The van der Waals surface area contributed by atoms with Crippen molar-refractivity contribution in [3.8, 4) is 10.6 Å². The Morgan fingerprint density at radius 3 is 2.79 bits per heavy atom. The van der Waals surface area contributed by atoms with Gasteiger partial charge in [0.2, 0.25) is 0 Å². The highest BCUT2D eigenvalue weighted by Gasteiger charge is 2.40. The Bertz CT molecular complexity index is 752. The van der Waals surface area contributed by atoms with Crippen LogP contribution in [0.4, 0.5) is 0 Å². The zero-order valence-corrected chi connectivity index (χ0v) is 15.9. The summed E-state index contributed by atoms with van der Waals surface area (Å²) in [4.78, 5) is 20.3. The standard InChI is InChI=1S/C18H20BrN3OS/c1-11-16(12-6-8-22(11)9-7-12)21-17(23)15-10-20-18(24-15)13-4-2-3-5-14(13)19/h2-5,10-12,16H,6-9H2,1H3,(H,21,23). The van der Waals surface area contributed by atoms with Crippen molar-refractivity contribution < 1.29 is 4.79 Å². The first-order valence-corrected chi connectivity index (χ1v) is 10.00. The molecule has 24 heavy (non-hydrogen) atoms. The molecule has 1 aromatic heterocycles. The van der Waals surface area contributed by atoms with E-state index in [9.17, 15) is 4.79 Å². The average molecular weight is 406 g/mol. The second-order valence-corrected chi connectivity index (χ2v) is 8.51. The molecule has 0 saturated carbocycles. The maximum Gasteiger partial charge on any atom is 0.263 e. The van der Waals surface area contributed by atoms with Crippen LogP contribution in [0.15, 0.2) is 34.9 Å². The van der Waals surface area contributed by atoms with Gasteiger partial charge in [-0.15, -0.1) is 11.3 Å². The fourth-order valence-corrected chi connectivity index (χ4v) is 5.37. The smallest absolute Gasteiger partial charge is 0.263 e. The normalized spacial score (nSPS) is 28.8. The van der Waals surface area contributed by atoms with Crippen molar-refractivity contribution in [3.63, 3.8) is 0 Å². The lowest BCUT2D eigenvalue weighted by atomic mass is 9.79. The molecule has 126 valence electrons. The minimum Gasteiger partial charge on any atom is -0.347 e. The van der Waals surface area contributed by atoms with Gasteiger partial charge in [-0.25, -0.2) is 4.98 Å². The van der Waals surface area contributed by atoms with Crippen LogP contribution in [-0.4, -0.2) is 41.0 Å². The molecule has 6 heteroatoms. The molecular formula is C18H20BrN3OS. The van der Waals surface area contributed by atoms with E-state index in [2.05, 4.69) is 38.1 Å². The van der Waals surface area contributed by atoms with Crippen LogP contribution in [0.3, 0.4) is 0 Å². The van der Waals surface area contributed by atoms with Crippen LogP contribution < -0.4 is 5.32 Å². The number of piperidine rings is 3. The van der Waals surface area contributed by atoms with Crippen molar-refractivity contribution in [2.75, 3.05) is 13.1 Å². The number of rotatable bonds is 3. The van der Waals surface area contributed by atoms with Crippen molar-refractivity contribution in [2.45, 2.75) is 31.8 Å². The predicted octanol–water partition coefficient (Wildman–Crippen LogP) is 3.79. The molecule has 2 bridgehead atoms. The number of halogens is 1. The zero-order valence-electron chi connectivity index (χ0n) is 13.5. The molecule has 2 atom stereocenters.